The minimum Gasteiger partial charge on any atom is -0.481 e. The molecule has 66 valence electrons. The lowest BCUT2D eigenvalue weighted by atomic mass is 10.1. The summed E-state index contributed by atoms with van der Waals surface area (Å²) >= 11 is 5.98. The Balaban J connectivity index is 3.20. The number of methoxy groups -OCH3 is 1. The van der Waals surface area contributed by atoms with E-state index in [1.54, 1.807) is 19.4 Å². The molecule has 2 nitrogen and oxygen atoms in total. The highest BCUT2D eigenvalue weighted by atomic mass is 35.5. The monoisotopic (exact) mass is 185 g/mol. The second-order valence-corrected chi connectivity index (χ2v) is 3.28. The van der Waals surface area contributed by atoms with Crippen molar-refractivity contribution >= 4 is 11.6 Å². The Morgan fingerprint density at radius 1 is 1.50 bits per heavy atom. The zero-order valence-corrected chi connectivity index (χ0v) is 8.22. The molecule has 0 aliphatic carbocycles. The molecule has 0 bridgehead atoms. The molecular formula is C9H12ClNO. The number of pyridine rings is 1. The van der Waals surface area contributed by atoms with Crippen LogP contribution >= 0.6 is 11.6 Å². The molecule has 0 spiro atoms. The van der Waals surface area contributed by atoms with Crippen molar-refractivity contribution in [1.82, 2.24) is 4.98 Å². The fourth-order valence-electron chi connectivity index (χ4n) is 1.12. The average molecular weight is 186 g/mol. The molecule has 0 fully saturated rings. The third-order valence-electron chi connectivity index (χ3n) is 1.67. The largest absolute Gasteiger partial charge is 0.481 e. The van der Waals surface area contributed by atoms with Crippen molar-refractivity contribution in [2.45, 2.75) is 19.8 Å². The molecule has 0 aromatic carbocycles. The lowest BCUT2D eigenvalue weighted by molar-refractivity contribution is 0.390. The maximum atomic E-state index is 5.98. The number of ether oxygens (including phenoxy) is 1. The van der Waals surface area contributed by atoms with E-state index >= 15 is 0 Å². The van der Waals surface area contributed by atoms with Crippen molar-refractivity contribution in [2.24, 2.45) is 0 Å². The summed E-state index contributed by atoms with van der Waals surface area (Å²) in [7, 11) is 1.60. The number of nitrogens with zero attached hydrogens (tertiary/aromatic N) is 1. The van der Waals surface area contributed by atoms with Gasteiger partial charge in [0.05, 0.1) is 12.1 Å². The summed E-state index contributed by atoms with van der Waals surface area (Å²) in [5.41, 5.74) is 0.974. The molecule has 0 unspecified atom stereocenters. The zero-order valence-electron chi connectivity index (χ0n) is 7.47. The maximum absolute atomic E-state index is 5.98. The highest BCUT2D eigenvalue weighted by molar-refractivity contribution is 6.31. The van der Waals surface area contributed by atoms with Crippen LogP contribution in [0.2, 0.25) is 5.02 Å². The lowest BCUT2D eigenvalue weighted by Gasteiger charge is -2.11. The minimum atomic E-state index is 0.334. The quantitative estimate of drug-likeness (QED) is 0.707. The molecule has 0 radical (unpaired) electrons. The third kappa shape index (κ3) is 1.69. The Morgan fingerprint density at radius 2 is 2.17 bits per heavy atom. The second kappa shape index (κ2) is 3.76. The number of halogens is 1. The van der Waals surface area contributed by atoms with E-state index in [2.05, 4.69) is 18.8 Å². The molecule has 1 heterocycles. The van der Waals surface area contributed by atoms with Gasteiger partial charge in [-0.15, -0.1) is 0 Å². The van der Waals surface area contributed by atoms with E-state index < -0.39 is 0 Å². The van der Waals surface area contributed by atoms with Gasteiger partial charge in [0.25, 0.3) is 0 Å². The van der Waals surface area contributed by atoms with Crippen LogP contribution in [0.15, 0.2) is 12.3 Å². The molecule has 0 N–H and O–H groups in total. The molecule has 1 aromatic rings. The van der Waals surface area contributed by atoms with E-state index in [0.717, 1.165) is 10.6 Å². The van der Waals surface area contributed by atoms with Gasteiger partial charge in [-0.3, -0.25) is 0 Å². The van der Waals surface area contributed by atoms with Crippen molar-refractivity contribution in [2.75, 3.05) is 7.11 Å². The highest BCUT2D eigenvalue weighted by Gasteiger charge is 2.11. The van der Waals surface area contributed by atoms with Gasteiger partial charge in [0.15, 0.2) is 0 Å². The molecule has 12 heavy (non-hydrogen) atoms. The standard InChI is InChI=1S/C9H12ClNO/c1-6(2)8-7(10)4-5-11-9(8)12-3/h4-6H,1-3H3. The number of hydrogen-bond donors (Lipinski definition) is 0. The smallest absolute Gasteiger partial charge is 0.217 e. The molecule has 1 aromatic heterocycles. The van der Waals surface area contributed by atoms with Gasteiger partial charge in [-0.1, -0.05) is 25.4 Å². The van der Waals surface area contributed by atoms with Crippen LogP contribution in [0.5, 0.6) is 5.88 Å². The van der Waals surface area contributed by atoms with E-state index in [4.69, 9.17) is 16.3 Å². The van der Waals surface area contributed by atoms with E-state index in [1.807, 2.05) is 0 Å². The first-order chi connectivity index (χ1) is 5.66. The fourth-order valence-corrected chi connectivity index (χ4v) is 1.47. The SMILES string of the molecule is COc1nccc(Cl)c1C(C)C. The molecule has 0 aliphatic rings. The summed E-state index contributed by atoms with van der Waals surface area (Å²) in [5, 5.41) is 0.719. The van der Waals surface area contributed by atoms with Crippen LogP contribution in [0, 0.1) is 0 Å². The minimum absolute atomic E-state index is 0.334. The van der Waals surface area contributed by atoms with Crippen molar-refractivity contribution in [3.63, 3.8) is 0 Å². The first-order valence-corrected chi connectivity index (χ1v) is 4.23. The normalized spacial score (nSPS) is 10.4. The van der Waals surface area contributed by atoms with Crippen LogP contribution in [0.4, 0.5) is 0 Å². The second-order valence-electron chi connectivity index (χ2n) is 2.87. The first kappa shape index (κ1) is 9.33. The predicted octanol–water partition coefficient (Wildman–Crippen LogP) is 2.87. The van der Waals surface area contributed by atoms with Gasteiger partial charge in [0.1, 0.15) is 0 Å². The molecule has 0 aliphatic heterocycles. The molecule has 3 heteroatoms. The van der Waals surface area contributed by atoms with E-state index in [9.17, 15) is 0 Å². The maximum Gasteiger partial charge on any atom is 0.217 e. The van der Waals surface area contributed by atoms with Gasteiger partial charge < -0.3 is 4.74 Å². The molecular weight excluding hydrogens is 174 g/mol. The van der Waals surface area contributed by atoms with E-state index in [1.165, 1.54) is 0 Å². The van der Waals surface area contributed by atoms with Crippen LogP contribution in [0.25, 0.3) is 0 Å². The summed E-state index contributed by atoms with van der Waals surface area (Å²) in [5.74, 6) is 0.957. The van der Waals surface area contributed by atoms with E-state index in [0.29, 0.717) is 11.8 Å². The van der Waals surface area contributed by atoms with Gasteiger partial charge in [0.2, 0.25) is 5.88 Å². The summed E-state index contributed by atoms with van der Waals surface area (Å²) < 4.78 is 5.09. The van der Waals surface area contributed by atoms with Gasteiger partial charge in [-0.2, -0.15) is 0 Å². The topological polar surface area (TPSA) is 22.1 Å². The van der Waals surface area contributed by atoms with Gasteiger partial charge in [-0.05, 0) is 12.0 Å². The Labute approximate surface area is 77.5 Å². The van der Waals surface area contributed by atoms with Crippen molar-refractivity contribution in [3.05, 3.63) is 22.8 Å². The first-order valence-electron chi connectivity index (χ1n) is 3.85. The molecule has 0 amide bonds. The van der Waals surface area contributed by atoms with Gasteiger partial charge in [0, 0.05) is 11.8 Å². The third-order valence-corrected chi connectivity index (χ3v) is 2.00. The summed E-state index contributed by atoms with van der Waals surface area (Å²) in [6.45, 7) is 4.12. The highest BCUT2D eigenvalue weighted by Crippen LogP contribution is 2.30. The van der Waals surface area contributed by atoms with Gasteiger partial charge in [-0.25, -0.2) is 4.98 Å². The van der Waals surface area contributed by atoms with Crippen LogP contribution in [-0.4, -0.2) is 12.1 Å². The molecule has 0 atom stereocenters. The number of hydrogen-bond acceptors (Lipinski definition) is 2. The fraction of sp³-hybridized carbons (Fsp3) is 0.444. The van der Waals surface area contributed by atoms with Crippen LogP contribution < -0.4 is 4.74 Å². The Morgan fingerprint density at radius 3 is 2.58 bits per heavy atom. The van der Waals surface area contributed by atoms with Crippen molar-refractivity contribution < 1.29 is 4.74 Å². The predicted molar refractivity (Wildman–Crippen MR) is 49.9 cm³/mol. The van der Waals surface area contributed by atoms with E-state index in [-0.39, 0.29) is 0 Å². The Bertz CT molecular complexity index is 273. The summed E-state index contributed by atoms with van der Waals surface area (Å²) in [6, 6.07) is 1.78. The van der Waals surface area contributed by atoms with Crippen molar-refractivity contribution in [1.29, 1.82) is 0 Å². The average Bonchev–Trinajstić information content (AvgIpc) is 2.03. The summed E-state index contributed by atoms with van der Waals surface area (Å²) in [6.07, 6.45) is 1.65. The zero-order chi connectivity index (χ0) is 9.14. The summed E-state index contributed by atoms with van der Waals surface area (Å²) in [4.78, 5) is 4.07. The van der Waals surface area contributed by atoms with Crippen LogP contribution in [0.1, 0.15) is 25.3 Å². The molecule has 0 saturated carbocycles. The molecule has 0 saturated heterocycles. The number of aromatic nitrogens is 1. The van der Waals surface area contributed by atoms with Crippen LogP contribution in [-0.2, 0) is 0 Å². The Kier molecular flexibility index (Phi) is 2.93. The Hall–Kier alpha value is -0.760. The van der Waals surface area contributed by atoms with Gasteiger partial charge >= 0.3 is 0 Å². The van der Waals surface area contributed by atoms with Crippen molar-refractivity contribution in [3.8, 4) is 5.88 Å². The molecule has 1 rings (SSSR count). The van der Waals surface area contributed by atoms with Crippen LogP contribution in [0.3, 0.4) is 0 Å². The number of rotatable bonds is 2. The lowest BCUT2D eigenvalue weighted by Crippen LogP contribution is -1.97.